The van der Waals surface area contributed by atoms with Gasteiger partial charge in [-0.3, -0.25) is 4.79 Å². The number of carbonyl (C=O) groups excluding carboxylic acids is 1. The van der Waals surface area contributed by atoms with E-state index in [1.54, 1.807) is 6.07 Å². The Labute approximate surface area is 179 Å². The smallest absolute Gasteiger partial charge is 0.224 e. The average Bonchev–Trinajstić information content (AvgIpc) is 3.24. The number of hydrogen-bond donors (Lipinski definition) is 0. The van der Waals surface area contributed by atoms with Crippen LogP contribution in [-0.4, -0.2) is 21.9 Å². The first-order valence-corrected chi connectivity index (χ1v) is 10.7. The lowest BCUT2D eigenvalue weighted by molar-refractivity contribution is -0.122. The van der Waals surface area contributed by atoms with E-state index in [1.807, 2.05) is 24.3 Å². The van der Waals surface area contributed by atoms with Crippen molar-refractivity contribution in [3.05, 3.63) is 65.2 Å². The van der Waals surface area contributed by atoms with Crippen molar-refractivity contribution in [3.8, 4) is 5.88 Å². The lowest BCUT2D eigenvalue weighted by Crippen LogP contribution is -2.22. The highest BCUT2D eigenvalue weighted by Gasteiger charge is 2.59. The molecule has 0 bridgehead atoms. The van der Waals surface area contributed by atoms with Crippen LogP contribution >= 0.6 is 11.6 Å². The third-order valence-electron chi connectivity index (χ3n) is 6.68. The summed E-state index contributed by atoms with van der Waals surface area (Å²) in [6, 6.07) is 11.9. The molecular weight excluding hydrogens is 403 g/mol. The van der Waals surface area contributed by atoms with Gasteiger partial charge in [-0.1, -0.05) is 30.7 Å². The Morgan fingerprint density at radius 2 is 1.90 bits per heavy atom. The number of fused-ring (bicyclic) bond motifs is 2. The molecule has 4 nitrogen and oxygen atoms in total. The lowest BCUT2D eigenvalue weighted by atomic mass is 9.91. The number of ketones is 1. The van der Waals surface area contributed by atoms with Gasteiger partial charge in [-0.2, -0.15) is 0 Å². The van der Waals surface area contributed by atoms with Crippen LogP contribution in [0.1, 0.15) is 25.3 Å². The van der Waals surface area contributed by atoms with E-state index < -0.39 is 0 Å². The second-order valence-corrected chi connectivity index (χ2v) is 8.95. The minimum absolute atomic E-state index is 0.0469. The van der Waals surface area contributed by atoms with Crippen LogP contribution in [0, 0.1) is 29.5 Å². The quantitative estimate of drug-likeness (QED) is 0.540. The minimum Gasteiger partial charge on any atom is -0.474 e. The number of halogens is 2. The molecular formula is C24H22ClFN2O2. The van der Waals surface area contributed by atoms with E-state index in [0.717, 1.165) is 18.4 Å². The van der Waals surface area contributed by atoms with Crippen LogP contribution in [-0.2, 0) is 11.2 Å². The molecule has 0 saturated heterocycles. The minimum atomic E-state index is -0.329. The summed E-state index contributed by atoms with van der Waals surface area (Å²) in [6.07, 6.45) is 3.78. The Kier molecular flexibility index (Phi) is 4.94. The Balaban J connectivity index is 1.20. The maximum Gasteiger partial charge on any atom is 0.224 e. The monoisotopic (exact) mass is 424 g/mol. The normalized spacial score (nSPS) is 25.7. The number of aromatic nitrogens is 2. The van der Waals surface area contributed by atoms with Crippen LogP contribution < -0.4 is 4.74 Å². The van der Waals surface area contributed by atoms with Crippen molar-refractivity contribution < 1.29 is 13.9 Å². The first-order valence-electron chi connectivity index (χ1n) is 10.3. The van der Waals surface area contributed by atoms with E-state index >= 15 is 0 Å². The van der Waals surface area contributed by atoms with Crippen LogP contribution in [0.2, 0.25) is 5.02 Å². The fraction of sp³-hybridized carbons (Fsp3) is 0.375. The summed E-state index contributed by atoms with van der Waals surface area (Å²) >= 11 is 5.92. The first kappa shape index (κ1) is 19.4. The summed E-state index contributed by atoms with van der Waals surface area (Å²) in [5.74, 6) is 1.91. The van der Waals surface area contributed by atoms with Gasteiger partial charge in [-0.15, -0.1) is 0 Å². The number of benzene rings is 2. The molecule has 0 amide bonds. The van der Waals surface area contributed by atoms with Crippen molar-refractivity contribution in [2.45, 2.75) is 32.3 Å². The maximum absolute atomic E-state index is 13.6. The standard InChI is InChI=1S/C24H22ClFN2O2/c1-13(22(29)8-14-2-4-15(25)5-3-14)23-18-10-17(11-19(18)23)30-24-20-9-16(26)6-7-21(20)27-12-28-24/h2-7,9,12-13,17-19,23H,8,10-11H2,1H3/t13-,17?,18-,19+,23?/m0/s1. The summed E-state index contributed by atoms with van der Waals surface area (Å²) in [6.45, 7) is 2.05. The zero-order valence-electron chi connectivity index (χ0n) is 16.6. The highest BCUT2D eigenvalue weighted by atomic mass is 35.5. The topological polar surface area (TPSA) is 52.1 Å². The second kappa shape index (κ2) is 7.62. The van der Waals surface area contributed by atoms with E-state index in [-0.39, 0.29) is 23.6 Å². The third-order valence-corrected chi connectivity index (χ3v) is 6.94. The molecule has 2 aliphatic rings. The van der Waals surface area contributed by atoms with Crippen LogP contribution in [0.5, 0.6) is 5.88 Å². The molecule has 0 aliphatic heterocycles. The average molecular weight is 425 g/mol. The van der Waals surface area contributed by atoms with Crippen LogP contribution in [0.3, 0.4) is 0 Å². The van der Waals surface area contributed by atoms with Gasteiger partial charge in [-0.25, -0.2) is 14.4 Å². The molecule has 5 rings (SSSR count). The molecule has 2 unspecified atom stereocenters. The van der Waals surface area contributed by atoms with Gasteiger partial charge in [0.2, 0.25) is 5.88 Å². The van der Waals surface area contributed by atoms with E-state index in [0.29, 0.717) is 46.0 Å². The lowest BCUT2D eigenvalue weighted by Gasteiger charge is -2.19. The molecule has 2 aliphatic carbocycles. The molecule has 6 heteroatoms. The molecule has 1 aromatic heterocycles. The molecule has 0 spiro atoms. The predicted molar refractivity (Wildman–Crippen MR) is 113 cm³/mol. The van der Waals surface area contributed by atoms with Gasteiger partial charge in [0, 0.05) is 17.4 Å². The van der Waals surface area contributed by atoms with Crippen molar-refractivity contribution in [2.24, 2.45) is 23.7 Å². The van der Waals surface area contributed by atoms with E-state index in [9.17, 15) is 9.18 Å². The summed E-state index contributed by atoms with van der Waals surface area (Å²) in [4.78, 5) is 21.1. The Hall–Kier alpha value is -2.53. The van der Waals surface area contributed by atoms with Gasteiger partial charge in [0.05, 0.1) is 10.9 Å². The van der Waals surface area contributed by atoms with Crippen LogP contribution in [0.25, 0.3) is 10.9 Å². The Morgan fingerprint density at radius 1 is 1.17 bits per heavy atom. The number of rotatable bonds is 6. The maximum atomic E-state index is 13.6. The molecule has 0 N–H and O–H groups in total. The number of ether oxygens (including phenoxy) is 1. The number of carbonyl (C=O) groups is 1. The molecule has 2 saturated carbocycles. The van der Waals surface area contributed by atoms with Crippen molar-refractivity contribution in [2.75, 3.05) is 0 Å². The van der Waals surface area contributed by atoms with E-state index in [1.165, 1.54) is 18.5 Å². The number of Topliss-reactive ketones (excluding diaryl/α,β-unsaturated/α-hetero) is 1. The zero-order chi connectivity index (χ0) is 20.8. The second-order valence-electron chi connectivity index (χ2n) is 8.51. The Bertz CT molecular complexity index is 1090. The largest absolute Gasteiger partial charge is 0.474 e. The molecule has 30 heavy (non-hydrogen) atoms. The number of hydrogen-bond acceptors (Lipinski definition) is 4. The van der Waals surface area contributed by atoms with Gasteiger partial charge in [0.15, 0.2) is 0 Å². The number of nitrogens with zero attached hydrogens (tertiary/aromatic N) is 2. The molecule has 0 radical (unpaired) electrons. The molecule has 2 aromatic carbocycles. The summed E-state index contributed by atoms with van der Waals surface area (Å²) in [5.41, 5.74) is 1.68. The Morgan fingerprint density at radius 3 is 2.63 bits per heavy atom. The molecule has 5 atom stereocenters. The van der Waals surface area contributed by atoms with Crippen molar-refractivity contribution in [1.82, 2.24) is 9.97 Å². The van der Waals surface area contributed by atoms with Gasteiger partial charge in [0.1, 0.15) is 24.0 Å². The van der Waals surface area contributed by atoms with E-state index in [2.05, 4.69) is 16.9 Å². The van der Waals surface area contributed by atoms with Crippen molar-refractivity contribution >= 4 is 28.3 Å². The third kappa shape index (κ3) is 3.67. The zero-order valence-corrected chi connectivity index (χ0v) is 17.3. The fourth-order valence-corrected chi connectivity index (χ4v) is 5.24. The summed E-state index contributed by atoms with van der Waals surface area (Å²) in [7, 11) is 0. The van der Waals surface area contributed by atoms with Gasteiger partial charge in [0.25, 0.3) is 0 Å². The summed E-state index contributed by atoms with van der Waals surface area (Å²) in [5, 5.41) is 1.28. The highest BCUT2D eigenvalue weighted by Crippen LogP contribution is 2.61. The van der Waals surface area contributed by atoms with Gasteiger partial charge >= 0.3 is 0 Å². The molecule has 3 aromatic rings. The first-order chi connectivity index (χ1) is 14.5. The molecule has 2 fully saturated rings. The van der Waals surface area contributed by atoms with Gasteiger partial charge < -0.3 is 4.74 Å². The SMILES string of the molecule is C[C@@H](C(=O)Cc1ccc(Cl)cc1)C1[C@H]2CC(Oc3ncnc4ccc(F)cc34)C[C@@H]12. The fourth-order valence-electron chi connectivity index (χ4n) is 5.12. The molecule has 1 heterocycles. The highest BCUT2D eigenvalue weighted by molar-refractivity contribution is 6.30. The molecule has 154 valence electrons. The van der Waals surface area contributed by atoms with Crippen LogP contribution in [0.15, 0.2) is 48.8 Å². The van der Waals surface area contributed by atoms with Gasteiger partial charge in [-0.05, 0) is 66.5 Å². The predicted octanol–water partition coefficient (Wildman–Crippen LogP) is 5.27. The van der Waals surface area contributed by atoms with Crippen LogP contribution in [0.4, 0.5) is 4.39 Å². The summed E-state index contributed by atoms with van der Waals surface area (Å²) < 4.78 is 19.8. The van der Waals surface area contributed by atoms with Crippen molar-refractivity contribution in [3.63, 3.8) is 0 Å². The van der Waals surface area contributed by atoms with E-state index in [4.69, 9.17) is 16.3 Å². The van der Waals surface area contributed by atoms with Crippen molar-refractivity contribution in [1.29, 1.82) is 0 Å².